The molecule has 18 heavy (non-hydrogen) atoms. The number of nitrogens with two attached hydrogens (primary N) is 1. The molecule has 1 fully saturated rings. The first-order valence-electron chi connectivity index (χ1n) is 6.16. The highest BCUT2D eigenvalue weighted by Crippen LogP contribution is 2.25. The predicted octanol–water partition coefficient (Wildman–Crippen LogP) is 0.519. The van der Waals surface area contributed by atoms with Crippen LogP contribution in [0.1, 0.15) is 11.6 Å². The zero-order chi connectivity index (χ0) is 13.0. The molecule has 0 aromatic heterocycles. The van der Waals surface area contributed by atoms with E-state index in [0.29, 0.717) is 31.9 Å². The molecular formula is C13H19FN2O2. The van der Waals surface area contributed by atoms with Crippen LogP contribution in [-0.4, -0.2) is 49.0 Å². The van der Waals surface area contributed by atoms with Gasteiger partial charge in [-0.05, 0) is 6.07 Å². The summed E-state index contributed by atoms with van der Waals surface area (Å²) in [6.45, 7) is 2.01. The van der Waals surface area contributed by atoms with Crippen LogP contribution in [0.5, 0.6) is 0 Å². The molecule has 0 spiro atoms. The molecule has 2 rings (SSSR count). The molecule has 1 aliphatic heterocycles. The van der Waals surface area contributed by atoms with E-state index in [9.17, 15) is 9.50 Å². The van der Waals surface area contributed by atoms with E-state index in [1.54, 1.807) is 18.2 Å². The molecule has 1 aromatic carbocycles. The smallest absolute Gasteiger partial charge is 0.128 e. The Hall–Kier alpha value is -1.01. The van der Waals surface area contributed by atoms with Crippen molar-refractivity contribution >= 4 is 0 Å². The summed E-state index contributed by atoms with van der Waals surface area (Å²) < 4.78 is 19.2. The topological polar surface area (TPSA) is 58.7 Å². The Bertz CT molecular complexity index is 389. The number of aliphatic hydroxyl groups is 1. The van der Waals surface area contributed by atoms with Crippen LogP contribution in [0.3, 0.4) is 0 Å². The van der Waals surface area contributed by atoms with Crippen LogP contribution in [0.25, 0.3) is 0 Å². The number of halogens is 1. The zero-order valence-corrected chi connectivity index (χ0v) is 10.3. The number of rotatable bonds is 4. The van der Waals surface area contributed by atoms with Crippen molar-refractivity contribution in [2.45, 2.75) is 12.1 Å². The highest BCUT2D eigenvalue weighted by Gasteiger charge is 2.30. The Kier molecular flexibility index (Phi) is 4.66. The number of ether oxygens (including phenoxy) is 1. The van der Waals surface area contributed by atoms with Crippen molar-refractivity contribution in [3.8, 4) is 0 Å². The van der Waals surface area contributed by atoms with Gasteiger partial charge in [-0.2, -0.15) is 0 Å². The van der Waals surface area contributed by atoms with E-state index in [4.69, 9.17) is 10.5 Å². The lowest BCUT2D eigenvalue weighted by Crippen LogP contribution is -2.50. The zero-order valence-electron chi connectivity index (χ0n) is 10.3. The first-order chi connectivity index (χ1) is 8.77. The fourth-order valence-corrected chi connectivity index (χ4v) is 2.42. The van der Waals surface area contributed by atoms with Crippen molar-refractivity contribution in [1.29, 1.82) is 0 Å². The van der Waals surface area contributed by atoms with Gasteiger partial charge in [0.2, 0.25) is 0 Å². The Balaban J connectivity index is 2.24. The minimum atomic E-state index is -0.254. The Morgan fingerprint density at radius 2 is 2.28 bits per heavy atom. The first-order valence-corrected chi connectivity index (χ1v) is 6.16. The molecule has 0 aliphatic carbocycles. The fourth-order valence-electron chi connectivity index (χ4n) is 2.42. The van der Waals surface area contributed by atoms with Crippen LogP contribution >= 0.6 is 0 Å². The van der Waals surface area contributed by atoms with E-state index >= 15 is 0 Å². The average Bonchev–Trinajstić information content (AvgIpc) is 2.42. The predicted molar refractivity (Wildman–Crippen MR) is 66.6 cm³/mol. The molecule has 5 heteroatoms. The molecule has 100 valence electrons. The lowest BCUT2D eigenvalue weighted by atomic mass is 10.0. The molecule has 0 amide bonds. The van der Waals surface area contributed by atoms with Gasteiger partial charge in [0.1, 0.15) is 5.82 Å². The number of aliphatic hydroxyl groups excluding tert-OH is 1. The highest BCUT2D eigenvalue weighted by atomic mass is 19.1. The van der Waals surface area contributed by atoms with Crippen LogP contribution < -0.4 is 5.73 Å². The summed E-state index contributed by atoms with van der Waals surface area (Å²) in [6.07, 6.45) is 0. The van der Waals surface area contributed by atoms with Gasteiger partial charge < -0.3 is 15.6 Å². The van der Waals surface area contributed by atoms with E-state index in [0.717, 1.165) is 0 Å². The number of hydrogen-bond acceptors (Lipinski definition) is 4. The van der Waals surface area contributed by atoms with Crippen molar-refractivity contribution in [1.82, 2.24) is 4.90 Å². The monoisotopic (exact) mass is 254 g/mol. The minimum absolute atomic E-state index is 0.00898. The van der Waals surface area contributed by atoms with Crippen molar-refractivity contribution in [2.24, 2.45) is 5.73 Å². The second kappa shape index (κ2) is 6.24. The van der Waals surface area contributed by atoms with Gasteiger partial charge >= 0.3 is 0 Å². The molecule has 3 N–H and O–H groups in total. The third-order valence-corrected chi connectivity index (χ3v) is 3.37. The SMILES string of the molecule is NCC(c1ccccc1F)N1CCOCC1CO. The van der Waals surface area contributed by atoms with E-state index in [1.165, 1.54) is 6.07 Å². The van der Waals surface area contributed by atoms with Crippen LogP contribution in [0.2, 0.25) is 0 Å². The minimum Gasteiger partial charge on any atom is -0.395 e. The van der Waals surface area contributed by atoms with Crippen molar-refractivity contribution in [2.75, 3.05) is 32.9 Å². The maximum absolute atomic E-state index is 13.8. The van der Waals surface area contributed by atoms with Crippen LogP contribution in [-0.2, 0) is 4.74 Å². The summed E-state index contributed by atoms with van der Waals surface area (Å²) in [5.41, 5.74) is 6.37. The largest absolute Gasteiger partial charge is 0.395 e. The van der Waals surface area contributed by atoms with Gasteiger partial charge in [0.25, 0.3) is 0 Å². The molecule has 2 atom stereocenters. The summed E-state index contributed by atoms with van der Waals surface area (Å²) in [5, 5.41) is 9.37. The van der Waals surface area contributed by atoms with Crippen LogP contribution in [0, 0.1) is 5.82 Å². The summed E-state index contributed by atoms with van der Waals surface area (Å²) in [6, 6.07) is 6.31. The first kappa shape index (κ1) is 13.4. The second-order valence-corrected chi connectivity index (χ2v) is 4.42. The maximum Gasteiger partial charge on any atom is 0.128 e. The fraction of sp³-hybridized carbons (Fsp3) is 0.538. The molecular weight excluding hydrogens is 235 g/mol. The van der Waals surface area contributed by atoms with E-state index in [2.05, 4.69) is 0 Å². The van der Waals surface area contributed by atoms with E-state index < -0.39 is 0 Å². The van der Waals surface area contributed by atoms with Gasteiger partial charge in [-0.3, -0.25) is 4.90 Å². The normalized spacial score (nSPS) is 22.9. The molecule has 2 unspecified atom stereocenters. The lowest BCUT2D eigenvalue weighted by molar-refractivity contribution is -0.0469. The van der Waals surface area contributed by atoms with Gasteiger partial charge in [0, 0.05) is 18.7 Å². The van der Waals surface area contributed by atoms with Crippen LogP contribution in [0.15, 0.2) is 24.3 Å². The van der Waals surface area contributed by atoms with Crippen molar-refractivity contribution in [3.63, 3.8) is 0 Å². The molecule has 0 bridgehead atoms. The number of morpholine rings is 1. The third-order valence-electron chi connectivity index (χ3n) is 3.37. The number of benzene rings is 1. The Morgan fingerprint density at radius 3 is 2.94 bits per heavy atom. The average molecular weight is 254 g/mol. The highest BCUT2D eigenvalue weighted by molar-refractivity contribution is 5.22. The molecule has 1 aliphatic rings. The number of hydrogen-bond donors (Lipinski definition) is 2. The number of nitrogens with zero attached hydrogens (tertiary/aromatic N) is 1. The van der Waals surface area contributed by atoms with Crippen molar-refractivity contribution < 1.29 is 14.2 Å². The Morgan fingerprint density at radius 1 is 1.50 bits per heavy atom. The lowest BCUT2D eigenvalue weighted by Gasteiger charge is -2.40. The second-order valence-electron chi connectivity index (χ2n) is 4.42. The van der Waals surface area contributed by atoms with Gasteiger partial charge in [0.15, 0.2) is 0 Å². The molecule has 0 radical (unpaired) electrons. The summed E-state index contributed by atoms with van der Waals surface area (Å²) in [7, 11) is 0. The molecule has 1 heterocycles. The Labute approximate surface area is 106 Å². The standard InChI is InChI=1S/C13H19FN2O2/c14-12-4-2-1-3-11(12)13(7-15)16-5-6-18-9-10(16)8-17/h1-4,10,13,17H,5-9,15H2. The van der Waals surface area contributed by atoms with E-state index in [-0.39, 0.29) is 24.5 Å². The van der Waals surface area contributed by atoms with Gasteiger partial charge in [-0.1, -0.05) is 18.2 Å². The summed E-state index contributed by atoms with van der Waals surface area (Å²) >= 11 is 0. The van der Waals surface area contributed by atoms with Gasteiger partial charge in [-0.25, -0.2) is 4.39 Å². The third kappa shape index (κ3) is 2.70. The van der Waals surface area contributed by atoms with E-state index in [1.807, 2.05) is 4.90 Å². The molecule has 4 nitrogen and oxygen atoms in total. The molecule has 1 aromatic rings. The molecule has 0 saturated carbocycles. The molecule has 1 saturated heterocycles. The van der Waals surface area contributed by atoms with Gasteiger partial charge in [0.05, 0.1) is 31.9 Å². The summed E-state index contributed by atoms with van der Waals surface area (Å²) in [4.78, 5) is 2.03. The summed E-state index contributed by atoms with van der Waals surface area (Å²) in [5.74, 6) is -0.254. The van der Waals surface area contributed by atoms with Gasteiger partial charge in [-0.15, -0.1) is 0 Å². The van der Waals surface area contributed by atoms with Crippen molar-refractivity contribution in [3.05, 3.63) is 35.6 Å². The quantitative estimate of drug-likeness (QED) is 0.822. The maximum atomic E-state index is 13.8. The van der Waals surface area contributed by atoms with Crippen LogP contribution in [0.4, 0.5) is 4.39 Å².